The number of hydrogen-bond acceptors (Lipinski definition) is 5. The van der Waals surface area contributed by atoms with E-state index in [4.69, 9.17) is 0 Å². The molecular weight excluding hydrogens is 538 g/mol. The van der Waals surface area contributed by atoms with E-state index in [1.165, 1.54) is 5.57 Å². The van der Waals surface area contributed by atoms with E-state index >= 15 is 0 Å². The zero-order valence-electron chi connectivity index (χ0n) is 27.2. The summed E-state index contributed by atoms with van der Waals surface area (Å²) in [5.41, 5.74) is 3.76. The van der Waals surface area contributed by atoms with Crippen LogP contribution in [0.25, 0.3) is 0 Å². The number of fused-ring (bicyclic) bond motifs is 7. The van der Waals surface area contributed by atoms with Crippen molar-refractivity contribution in [2.75, 3.05) is 33.2 Å². The Balaban J connectivity index is 1.15. The Morgan fingerprint density at radius 1 is 0.930 bits per heavy atom. The second kappa shape index (κ2) is 8.74. The molecular formula is C36H49N3O4. The highest BCUT2D eigenvalue weighted by Gasteiger charge is 2.67. The number of carbonyl (C=O) groups excluding carboxylic acids is 3. The van der Waals surface area contributed by atoms with Gasteiger partial charge < -0.3 is 20.2 Å². The molecule has 0 aromatic heterocycles. The second-order valence-corrected chi connectivity index (χ2v) is 16.9. The molecule has 0 radical (unpaired) electrons. The van der Waals surface area contributed by atoms with Crippen LogP contribution in [0.15, 0.2) is 46.3 Å². The molecule has 5 unspecified atom stereocenters. The lowest BCUT2D eigenvalue weighted by molar-refractivity contribution is -0.167. The number of aliphatic hydroxyl groups is 1. The van der Waals surface area contributed by atoms with Gasteiger partial charge in [-0.3, -0.25) is 14.4 Å². The number of allylic oxidation sites excluding steroid dienone is 7. The van der Waals surface area contributed by atoms with Crippen molar-refractivity contribution in [3.05, 3.63) is 46.3 Å². The number of aliphatic hydroxyl groups excluding tert-OH is 1. The van der Waals surface area contributed by atoms with Gasteiger partial charge in [-0.2, -0.15) is 0 Å². The third kappa shape index (κ3) is 3.79. The van der Waals surface area contributed by atoms with Gasteiger partial charge >= 0.3 is 11.8 Å². The van der Waals surface area contributed by atoms with Crippen LogP contribution in [0.5, 0.6) is 0 Å². The lowest BCUT2D eigenvalue weighted by atomic mass is 9.35. The highest BCUT2D eigenvalue weighted by molar-refractivity contribution is 6.35. The molecule has 5 fully saturated rings. The van der Waals surface area contributed by atoms with Crippen LogP contribution in [0.3, 0.4) is 0 Å². The Morgan fingerprint density at radius 3 is 2.28 bits per heavy atom. The molecule has 2 heterocycles. The smallest absolute Gasteiger partial charge is 0.311 e. The summed E-state index contributed by atoms with van der Waals surface area (Å²) in [6, 6.07) is 0. The summed E-state index contributed by atoms with van der Waals surface area (Å²) in [5, 5.41) is 13.7. The van der Waals surface area contributed by atoms with Gasteiger partial charge in [-0.1, -0.05) is 45.4 Å². The largest absolute Gasteiger partial charge is 0.504 e. The van der Waals surface area contributed by atoms with E-state index in [1.54, 1.807) is 11.0 Å². The zero-order chi connectivity index (χ0) is 31.0. The first-order valence-corrected chi connectivity index (χ1v) is 16.4. The molecule has 43 heavy (non-hydrogen) atoms. The van der Waals surface area contributed by atoms with Gasteiger partial charge in [0.1, 0.15) is 0 Å². The Labute approximate surface area is 256 Å². The van der Waals surface area contributed by atoms with Crippen molar-refractivity contribution < 1.29 is 19.5 Å². The third-order valence-electron chi connectivity index (χ3n) is 14.0. The maximum atomic E-state index is 13.4. The maximum Gasteiger partial charge on any atom is 0.311 e. The average molecular weight is 588 g/mol. The van der Waals surface area contributed by atoms with E-state index in [9.17, 15) is 19.5 Å². The standard InChI is InChI=1S/C36H49N3O4/c1-22-23-8-9-26-33(4,24(23)16-25(40)28(22)41)13-15-35(6)27-17-32(3,12-10-31(27,2)11-14-34(26,35)5)37-29(42)30(43)39-20-36(21-39)18-38(7)19-36/h8-9,16,27,41H,10-15,17-21H2,1-7H3,(H,37,42)/t27?,31?,32?,33?,34?,35-/m0/s1. The van der Waals surface area contributed by atoms with Crippen LogP contribution >= 0.6 is 0 Å². The summed E-state index contributed by atoms with van der Waals surface area (Å²) in [5.74, 6) is -0.856. The average Bonchev–Trinajstić information content (AvgIpc) is 2.91. The van der Waals surface area contributed by atoms with Crippen molar-refractivity contribution in [1.29, 1.82) is 0 Å². The molecule has 3 saturated carbocycles. The van der Waals surface area contributed by atoms with Crippen molar-refractivity contribution in [2.45, 2.75) is 92.0 Å². The van der Waals surface area contributed by atoms with E-state index in [-0.39, 0.29) is 44.5 Å². The highest BCUT2D eigenvalue weighted by Crippen LogP contribution is 2.75. The number of nitrogens with zero attached hydrogens (tertiary/aromatic N) is 2. The third-order valence-corrected chi connectivity index (χ3v) is 14.0. The molecule has 7 aliphatic rings. The highest BCUT2D eigenvalue weighted by atomic mass is 16.3. The number of likely N-dealkylation sites (tertiary alicyclic amines) is 2. The van der Waals surface area contributed by atoms with Gasteiger partial charge in [-0.25, -0.2) is 0 Å². The SMILES string of the molecule is CC1=C(O)C(=O)C=C2C1=CC=C1C2(C)CC[C@@]2(C)C3CC(C)(NC(=O)C(=O)N4CC5(CN(C)C5)C4)CCC3(C)CCC12C. The molecule has 6 atom stereocenters. The Hall–Kier alpha value is -2.67. The van der Waals surface area contributed by atoms with Crippen molar-refractivity contribution in [1.82, 2.24) is 15.1 Å². The van der Waals surface area contributed by atoms with Gasteiger partial charge in [0.25, 0.3) is 0 Å². The van der Waals surface area contributed by atoms with Crippen LogP contribution in [-0.2, 0) is 14.4 Å². The quantitative estimate of drug-likeness (QED) is 0.409. The van der Waals surface area contributed by atoms with Crippen molar-refractivity contribution in [2.24, 2.45) is 33.0 Å². The predicted octanol–water partition coefficient (Wildman–Crippen LogP) is 5.26. The monoisotopic (exact) mass is 587 g/mol. The van der Waals surface area contributed by atoms with Crippen LogP contribution in [0.2, 0.25) is 0 Å². The molecule has 2 saturated heterocycles. The molecule has 2 N–H and O–H groups in total. The minimum atomic E-state index is -0.443. The summed E-state index contributed by atoms with van der Waals surface area (Å²) < 4.78 is 0. The Bertz CT molecular complexity index is 1470. The molecule has 232 valence electrons. The van der Waals surface area contributed by atoms with E-state index < -0.39 is 11.4 Å². The van der Waals surface area contributed by atoms with Crippen LogP contribution in [0.1, 0.15) is 86.5 Å². The summed E-state index contributed by atoms with van der Waals surface area (Å²) in [6.07, 6.45) is 13.1. The van der Waals surface area contributed by atoms with Gasteiger partial charge in [0.2, 0.25) is 5.78 Å². The Kier molecular flexibility index (Phi) is 5.90. The van der Waals surface area contributed by atoms with E-state index in [1.807, 2.05) is 6.92 Å². The van der Waals surface area contributed by atoms with E-state index in [2.05, 4.69) is 64.0 Å². The normalized spacial score (nSPS) is 43.1. The lowest BCUT2D eigenvalue weighted by Crippen LogP contribution is -2.73. The molecule has 1 spiro atoms. The molecule has 7 nitrogen and oxygen atoms in total. The van der Waals surface area contributed by atoms with Crippen LogP contribution < -0.4 is 5.32 Å². The fourth-order valence-electron chi connectivity index (χ4n) is 11.2. The van der Waals surface area contributed by atoms with Gasteiger partial charge in [0.05, 0.1) is 0 Å². The maximum absolute atomic E-state index is 13.4. The van der Waals surface area contributed by atoms with Crippen LogP contribution in [0, 0.1) is 33.0 Å². The summed E-state index contributed by atoms with van der Waals surface area (Å²) in [6.45, 7) is 17.1. The van der Waals surface area contributed by atoms with E-state index in [0.29, 0.717) is 24.6 Å². The number of carbonyl (C=O) groups is 3. The van der Waals surface area contributed by atoms with Gasteiger partial charge in [-0.05, 0) is 105 Å². The van der Waals surface area contributed by atoms with Crippen molar-refractivity contribution in [3.63, 3.8) is 0 Å². The van der Waals surface area contributed by atoms with E-state index in [0.717, 1.165) is 69.2 Å². The number of rotatable bonds is 1. The predicted molar refractivity (Wildman–Crippen MR) is 166 cm³/mol. The molecule has 5 aliphatic carbocycles. The van der Waals surface area contributed by atoms with Crippen LogP contribution in [0.4, 0.5) is 0 Å². The minimum absolute atomic E-state index is 0.000530. The first-order valence-electron chi connectivity index (χ1n) is 16.4. The molecule has 2 amide bonds. The van der Waals surface area contributed by atoms with Crippen molar-refractivity contribution >= 4 is 17.6 Å². The number of ketones is 1. The molecule has 7 rings (SSSR count). The molecule has 2 aliphatic heterocycles. The Morgan fingerprint density at radius 2 is 1.60 bits per heavy atom. The fourth-order valence-corrected chi connectivity index (χ4v) is 11.2. The molecule has 7 heteroatoms. The molecule has 0 aromatic rings. The first-order chi connectivity index (χ1) is 20.0. The topological polar surface area (TPSA) is 89.9 Å². The summed E-state index contributed by atoms with van der Waals surface area (Å²) >= 11 is 0. The summed E-state index contributed by atoms with van der Waals surface area (Å²) in [7, 11) is 2.10. The number of nitrogens with one attached hydrogen (secondary N) is 1. The first kappa shape index (κ1) is 29.1. The second-order valence-electron chi connectivity index (χ2n) is 16.9. The summed E-state index contributed by atoms with van der Waals surface area (Å²) in [4.78, 5) is 43.3. The number of hydrogen-bond donors (Lipinski definition) is 2. The fraction of sp³-hybridized carbons (Fsp3) is 0.694. The molecule has 0 bridgehead atoms. The molecule has 0 aromatic carbocycles. The zero-order valence-corrected chi connectivity index (χ0v) is 27.2. The van der Waals surface area contributed by atoms with Gasteiger partial charge in [0.15, 0.2) is 5.76 Å². The van der Waals surface area contributed by atoms with Crippen LogP contribution in [-0.4, -0.2) is 71.3 Å². The van der Waals surface area contributed by atoms with Crippen molar-refractivity contribution in [3.8, 4) is 0 Å². The number of amides is 2. The minimum Gasteiger partial charge on any atom is -0.504 e. The van der Waals surface area contributed by atoms with Gasteiger partial charge in [-0.15, -0.1) is 0 Å². The lowest BCUT2D eigenvalue weighted by Gasteiger charge is -2.70. The van der Waals surface area contributed by atoms with Gasteiger partial charge in [0, 0.05) is 48.1 Å².